The average molecular weight is 536 g/mol. The number of aryl methyl sites for hydroxylation is 1. The van der Waals surface area contributed by atoms with Gasteiger partial charge in [-0.1, -0.05) is 93.6 Å². The Labute approximate surface area is 236 Å². The van der Waals surface area contributed by atoms with E-state index in [9.17, 15) is 14.7 Å². The van der Waals surface area contributed by atoms with Gasteiger partial charge in [-0.05, 0) is 60.1 Å². The van der Waals surface area contributed by atoms with Crippen molar-refractivity contribution in [1.29, 1.82) is 0 Å². The minimum absolute atomic E-state index is 0.0694. The highest BCUT2D eigenvalue weighted by atomic mass is 16.4. The molecule has 3 aromatic carbocycles. The van der Waals surface area contributed by atoms with Crippen molar-refractivity contribution in [3.8, 4) is 0 Å². The predicted molar refractivity (Wildman–Crippen MR) is 164 cm³/mol. The van der Waals surface area contributed by atoms with Gasteiger partial charge in [0, 0.05) is 24.2 Å². The normalized spacial score (nSPS) is 16.3. The fraction of sp³-hybridized carbons (Fsp3) is 0.324. The molecule has 0 aromatic heterocycles. The zero-order chi connectivity index (χ0) is 27.9. The van der Waals surface area contributed by atoms with Crippen LogP contribution in [0.5, 0.6) is 0 Å². The maximum Gasteiger partial charge on any atom is 0.357 e. The molecule has 0 bridgehead atoms. The molecule has 3 aromatic rings. The molecule has 0 saturated heterocycles. The van der Waals surface area contributed by atoms with E-state index in [1.165, 1.54) is 55.2 Å². The lowest BCUT2D eigenvalue weighted by molar-refractivity contribution is -0.129. The Bertz CT molecular complexity index is 1470. The molecule has 0 fully saturated rings. The topological polar surface area (TPSA) is 73.2 Å². The highest BCUT2D eigenvalue weighted by Gasteiger charge is 2.34. The largest absolute Gasteiger partial charge is 0.476 e. The third-order valence-electron chi connectivity index (χ3n) is 7.72. The van der Waals surface area contributed by atoms with E-state index >= 15 is 0 Å². The molecule has 206 valence electrons. The first-order valence-electron chi connectivity index (χ1n) is 14.5. The highest BCUT2D eigenvalue weighted by Crippen LogP contribution is 2.38. The number of carboxylic acids is 1. The number of rotatable bonds is 11. The summed E-state index contributed by atoms with van der Waals surface area (Å²) in [5.74, 6) is -1.68. The Kier molecular flexibility index (Phi) is 8.74. The molecule has 5 rings (SSSR count). The van der Waals surface area contributed by atoms with E-state index in [-0.39, 0.29) is 11.3 Å². The quantitative estimate of drug-likeness (QED) is 0.205. The molecule has 2 aliphatic heterocycles. The number of amides is 1. The third-order valence-corrected chi connectivity index (χ3v) is 7.72. The van der Waals surface area contributed by atoms with E-state index < -0.39 is 11.9 Å². The van der Waals surface area contributed by atoms with Crippen LogP contribution in [0.2, 0.25) is 0 Å². The van der Waals surface area contributed by atoms with Crippen LogP contribution in [0.3, 0.4) is 0 Å². The Balaban J connectivity index is 1.41. The summed E-state index contributed by atoms with van der Waals surface area (Å²) in [6.45, 7) is 4.43. The summed E-state index contributed by atoms with van der Waals surface area (Å²) in [5.41, 5.74) is 4.12. The molecule has 6 nitrogen and oxygen atoms in total. The van der Waals surface area contributed by atoms with Gasteiger partial charge in [-0.3, -0.25) is 4.79 Å². The fourth-order valence-corrected chi connectivity index (χ4v) is 5.74. The number of allylic oxidation sites excluding steroid dienone is 2. The fourth-order valence-electron chi connectivity index (χ4n) is 5.74. The number of hydrazone groups is 1. The monoisotopic (exact) mass is 535 g/mol. The van der Waals surface area contributed by atoms with E-state index in [2.05, 4.69) is 47.3 Å². The van der Waals surface area contributed by atoms with Crippen LogP contribution in [0.15, 0.2) is 83.5 Å². The summed E-state index contributed by atoms with van der Waals surface area (Å²) >= 11 is 0. The van der Waals surface area contributed by atoms with Crippen molar-refractivity contribution in [1.82, 2.24) is 0 Å². The zero-order valence-corrected chi connectivity index (χ0v) is 23.2. The number of anilines is 2. The first kappa shape index (κ1) is 27.4. The Hall–Kier alpha value is -4.19. The van der Waals surface area contributed by atoms with Gasteiger partial charge in [0.05, 0.1) is 11.3 Å². The van der Waals surface area contributed by atoms with Gasteiger partial charge in [0.25, 0.3) is 5.91 Å². The lowest BCUT2D eigenvalue weighted by atomic mass is 9.92. The zero-order valence-electron chi connectivity index (χ0n) is 23.2. The number of benzene rings is 3. The van der Waals surface area contributed by atoms with Gasteiger partial charge < -0.3 is 10.0 Å². The average Bonchev–Trinajstić information content (AvgIpc) is 3.31. The Morgan fingerprint density at radius 2 is 1.70 bits per heavy atom. The van der Waals surface area contributed by atoms with Crippen molar-refractivity contribution >= 4 is 45.8 Å². The number of hydrogen-bond acceptors (Lipinski definition) is 4. The molecule has 0 spiro atoms. The number of carbonyl (C=O) groups excluding carboxylic acids is 1. The molecule has 1 N–H and O–H groups in total. The van der Waals surface area contributed by atoms with E-state index in [0.717, 1.165) is 41.9 Å². The number of fused-ring (bicyclic) bond motifs is 3. The van der Waals surface area contributed by atoms with Crippen LogP contribution in [-0.2, 0) is 16.0 Å². The van der Waals surface area contributed by atoms with Crippen molar-refractivity contribution < 1.29 is 14.7 Å². The molecule has 40 heavy (non-hydrogen) atoms. The molecule has 0 atom stereocenters. The van der Waals surface area contributed by atoms with Crippen LogP contribution < -0.4 is 9.91 Å². The summed E-state index contributed by atoms with van der Waals surface area (Å²) in [5, 5.41) is 17.4. The van der Waals surface area contributed by atoms with Crippen LogP contribution in [0.1, 0.15) is 63.0 Å². The number of hydrogen-bond donors (Lipinski definition) is 1. The van der Waals surface area contributed by atoms with Crippen LogP contribution in [-0.4, -0.2) is 35.8 Å². The van der Waals surface area contributed by atoms with Gasteiger partial charge in [-0.2, -0.15) is 10.1 Å². The minimum atomic E-state index is -1.23. The summed E-state index contributed by atoms with van der Waals surface area (Å²) in [6.07, 6.45) is 15.2. The van der Waals surface area contributed by atoms with Gasteiger partial charge >= 0.3 is 5.97 Å². The van der Waals surface area contributed by atoms with Crippen molar-refractivity contribution in [3.05, 3.63) is 89.5 Å². The molecular formula is C34H37N3O3. The molecule has 2 heterocycles. The number of nitrogens with zero attached hydrogens (tertiary/aromatic N) is 3. The third kappa shape index (κ3) is 5.86. The van der Waals surface area contributed by atoms with Gasteiger partial charge in [0.1, 0.15) is 0 Å². The molecular weight excluding hydrogens is 498 g/mol. The number of carboxylic acid groups (broad SMARTS) is 1. The summed E-state index contributed by atoms with van der Waals surface area (Å²) in [6, 6.07) is 19.6. The highest BCUT2D eigenvalue weighted by molar-refractivity contribution is 6.52. The van der Waals surface area contributed by atoms with Crippen molar-refractivity contribution in [3.63, 3.8) is 0 Å². The van der Waals surface area contributed by atoms with E-state index in [1.54, 1.807) is 36.4 Å². The first-order valence-corrected chi connectivity index (χ1v) is 14.5. The Morgan fingerprint density at radius 3 is 2.48 bits per heavy atom. The van der Waals surface area contributed by atoms with Crippen molar-refractivity contribution in [2.75, 3.05) is 23.0 Å². The molecule has 0 saturated carbocycles. The molecule has 0 radical (unpaired) electrons. The van der Waals surface area contributed by atoms with E-state index in [1.807, 2.05) is 12.1 Å². The predicted octanol–water partition coefficient (Wildman–Crippen LogP) is 7.38. The minimum Gasteiger partial charge on any atom is -0.476 e. The smallest absolute Gasteiger partial charge is 0.357 e. The summed E-state index contributed by atoms with van der Waals surface area (Å²) < 4.78 is 0. The van der Waals surface area contributed by atoms with Gasteiger partial charge in [-0.25, -0.2) is 4.79 Å². The van der Waals surface area contributed by atoms with Crippen LogP contribution in [0, 0.1) is 0 Å². The molecule has 0 unspecified atom stereocenters. The van der Waals surface area contributed by atoms with Crippen LogP contribution in [0.25, 0.3) is 16.8 Å². The summed E-state index contributed by atoms with van der Waals surface area (Å²) in [7, 11) is 0. The molecule has 1 amide bonds. The SMILES string of the molecule is CCCCCCCCN1CCCc2cc(/C=C/C=C3\C(=O)N(c4ccccc4)N=C3C(=O)O)c3ccccc3c21. The number of carbonyl (C=O) groups is 2. The standard InChI is InChI=1S/C34H37N3O3/c1-2-3-4-5-6-12-22-36-23-14-16-26-24-25(28-19-10-11-20-29(28)32(26)36)15-13-21-30-31(34(39)40)35-37(33(30)38)27-17-8-7-9-18-27/h7-11,13,15,17-21,24H,2-6,12,14,16,22-23H2,1H3,(H,39,40)/b15-13+,30-21-. The molecule has 0 aliphatic carbocycles. The van der Waals surface area contributed by atoms with Crippen molar-refractivity contribution in [2.45, 2.75) is 58.3 Å². The maximum absolute atomic E-state index is 13.1. The first-order chi connectivity index (χ1) is 19.6. The lowest BCUT2D eigenvalue weighted by Gasteiger charge is -2.33. The second kappa shape index (κ2) is 12.8. The van der Waals surface area contributed by atoms with Gasteiger partial charge in [0.15, 0.2) is 5.71 Å². The van der Waals surface area contributed by atoms with Gasteiger partial charge in [0.2, 0.25) is 0 Å². The maximum atomic E-state index is 13.1. The van der Waals surface area contributed by atoms with E-state index in [0.29, 0.717) is 5.69 Å². The van der Waals surface area contributed by atoms with Crippen molar-refractivity contribution in [2.24, 2.45) is 5.10 Å². The van der Waals surface area contributed by atoms with E-state index in [4.69, 9.17) is 0 Å². The van der Waals surface area contributed by atoms with Crippen LogP contribution >= 0.6 is 0 Å². The van der Waals surface area contributed by atoms with Crippen LogP contribution in [0.4, 0.5) is 11.4 Å². The summed E-state index contributed by atoms with van der Waals surface area (Å²) in [4.78, 5) is 27.6. The van der Waals surface area contributed by atoms with Gasteiger partial charge in [-0.15, -0.1) is 0 Å². The second-order valence-electron chi connectivity index (χ2n) is 10.5. The Morgan fingerprint density at radius 1 is 0.975 bits per heavy atom. The molecule has 2 aliphatic rings. The lowest BCUT2D eigenvalue weighted by Crippen LogP contribution is -2.30. The second-order valence-corrected chi connectivity index (χ2v) is 10.5. The number of unbranched alkanes of at least 4 members (excludes halogenated alkanes) is 5. The number of para-hydroxylation sites is 1. The number of aliphatic carboxylic acids is 1. The molecule has 6 heteroatoms.